The van der Waals surface area contributed by atoms with E-state index in [1.54, 1.807) is 13.2 Å². The maximum absolute atomic E-state index is 4.44. The van der Waals surface area contributed by atoms with Gasteiger partial charge < -0.3 is 10.6 Å². The molecule has 0 radical (unpaired) electrons. The van der Waals surface area contributed by atoms with E-state index in [1.807, 2.05) is 11.8 Å². The monoisotopic (exact) mass is 266 g/mol. The Morgan fingerprint density at radius 2 is 2.28 bits per heavy atom. The molecule has 3 N–H and O–H groups in total. The summed E-state index contributed by atoms with van der Waals surface area (Å²) in [5.41, 5.74) is 0.744. The lowest BCUT2D eigenvalue weighted by molar-refractivity contribution is 0.768. The van der Waals surface area contributed by atoms with Gasteiger partial charge in [-0.2, -0.15) is 26.8 Å². The molecule has 18 heavy (non-hydrogen) atoms. The summed E-state index contributed by atoms with van der Waals surface area (Å²) in [6, 6.07) is 0.371. The fourth-order valence-electron chi connectivity index (χ4n) is 1.66. The second-order valence-electron chi connectivity index (χ2n) is 4.10. The van der Waals surface area contributed by atoms with Gasteiger partial charge in [-0.3, -0.25) is 5.10 Å². The van der Waals surface area contributed by atoms with Crippen molar-refractivity contribution in [2.24, 2.45) is 0 Å². The molecular weight excluding hydrogens is 248 g/mol. The maximum Gasteiger partial charge on any atom is 0.226 e. The first-order chi connectivity index (χ1) is 8.74. The van der Waals surface area contributed by atoms with Gasteiger partial charge in [0.05, 0.1) is 11.6 Å². The van der Waals surface area contributed by atoms with Crippen LogP contribution in [-0.4, -0.2) is 45.3 Å². The van der Waals surface area contributed by atoms with Crippen molar-refractivity contribution in [1.82, 2.24) is 20.2 Å². The van der Waals surface area contributed by atoms with Crippen LogP contribution in [0.15, 0.2) is 6.20 Å². The summed E-state index contributed by atoms with van der Waals surface area (Å²) >= 11 is 1.85. The molecule has 98 valence electrons. The molecule has 0 aromatic carbocycles. The zero-order chi connectivity index (χ0) is 13.0. The molecule has 0 saturated carbocycles. The van der Waals surface area contributed by atoms with Crippen LogP contribution < -0.4 is 10.6 Å². The first kappa shape index (κ1) is 12.9. The Morgan fingerprint density at radius 1 is 1.44 bits per heavy atom. The van der Waals surface area contributed by atoms with Crippen LogP contribution in [0.25, 0.3) is 11.0 Å². The first-order valence-corrected chi connectivity index (χ1v) is 7.28. The minimum Gasteiger partial charge on any atom is -0.367 e. The molecule has 6 nitrogen and oxygen atoms in total. The number of hydrogen-bond donors (Lipinski definition) is 3. The van der Waals surface area contributed by atoms with Crippen molar-refractivity contribution in [1.29, 1.82) is 0 Å². The smallest absolute Gasteiger partial charge is 0.226 e. The van der Waals surface area contributed by atoms with Crippen LogP contribution in [0.4, 0.5) is 11.8 Å². The Hall–Kier alpha value is -1.50. The maximum atomic E-state index is 4.44. The average Bonchev–Trinajstić information content (AvgIpc) is 2.84. The molecular formula is C11H18N6S. The molecule has 0 bridgehead atoms. The molecule has 1 atom stereocenters. The number of H-pyrrole nitrogens is 1. The van der Waals surface area contributed by atoms with Gasteiger partial charge in [0.2, 0.25) is 5.95 Å². The lowest BCUT2D eigenvalue weighted by Gasteiger charge is -2.14. The van der Waals surface area contributed by atoms with E-state index >= 15 is 0 Å². The van der Waals surface area contributed by atoms with Crippen LogP contribution in [0, 0.1) is 0 Å². The number of nitrogens with one attached hydrogen (secondary N) is 3. The zero-order valence-corrected chi connectivity index (χ0v) is 11.6. The quantitative estimate of drug-likeness (QED) is 0.741. The first-order valence-electron chi connectivity index (χ1n) is 5.89. The second kappa shape index (κ2) is 5.90. The third-order valence-electron chi connectivity index (χ3n) is 2.67. The van der Waals surface area contributed by atoms with Gasteiger partial charge in [-0.15, -0.1) is 0 Å². The van der Waals surface area contributed by atoms with Gasteiger partial charge in [0.25, 0.3) is 0 Å². The van der Waals surface area contributed by atoms with Gasteiger partial charge in [0.15, 0.2) is 5.65 Å². The largest absolute Gasteiger partial charge is 0.367 e. The van der Waals surface area contributed by atoms with Crippen LogP contribution in [0.2, 0.25) is 0 Å². The molecule has 2 aromatic rings. The minimum absolute atomic E-state index is 0.371. The normalized spacial score (nSPS) is 12.6. The highest BCUT2D eigenvalue weighted by Crippen LogP contribution is 2.21. The van der Waals surface area contributed by atoms with Crippen LogP contribution in [0.3, 0.4) is 0 Å². The predicted molar refractivity (Wildman–Crippen MR) is 77.3 cm³/mol. The van der Waals surface area contributed by atoms with Crippen molar-refractivity contribution in [2.45, 2.75) is 19.4 Å². The van der Waals surface area contributed by atoms with Gasteiger partial charge >= 0.3 is 0 Å². The lowest BCUT2D eigenvalue weighted by atomic mass is 10.2. The van der Waals surface area contributed by atoms with Gasteiger partial charge in [-0.05, 0) is 25.4 Å². The predicted octanol–water partition coefficient (Wildman–Crippen LogP) is 1.95. The fraction of sp³-hybridized carbons (Fsp3) is 0.545. The number of nitrogens with zero attached hydrogens (tertiary/aromatic N) is 3. The summed E-state index contributed by atoms with van der Waals surface area (Å²) in [6.07, 6.45) is 4.96. The molecule has 0 spiro atoms. The summed E-state index contributed by atoms with van der Waals surface area (Å²) < 4.78 is 0. The number of aromatic nitrogens is 4. The van der Waals surface area contributed by atoms with Crippen molar-refractivity contribution in [2.75, 3.05) is 29.7 Å². The molecule has 0 aliphatic carbocycles. The molecule has 0 amide bonds. The van der Waals surface area contributed by atoms with Crippen molar-refractivity contribution in [3.05, 3.63) is 6.20 Å². The van der Waals surface area contributed by atoms with E-state index in [9.17, 15) is 0 Å². The van der Waals surface area contributed by atoms with Crippen LogP contribution in [-0.2, 0) is 0 Å². The SMILES string of the molecule is CNc1nc(NC(C)CCSC)c2cn[nH]c2n1. The number of aromatic amines is 1. The van der Waals surface area contributed by atoms with Gasteiger partial charge in [0, 0.05) is 13.1 Å². The fourth-order valence-corrected chi connectivity index (χ4v) is 2.25. The Kier molecular flexibility index (Phi) is 4.24. The summed E-state index contributed by atoms with van der Waals surface area (Å²) in [6.45, 7) is 2.16. The number of fused-ring (bicyclic) bond motifs is 1. The van der Waals surface area contributed by atoms with Crippen LogP contribution in [0.5, 0.6) is 0 Å². The zero-order valence-electron chi connectivity index (χ0n) is 10.8. The Balaban J connectivity index is 2.22. The van der Waals surface area contributed by atoms with E-state index < -0.39 is 0 Å². The van der Waals surface area contributed by atoms with Crippen molar-refractivity contribution < 1.29 is 0 Å². The number of thioether (sulfide) groups is 1. The Bertz CT molecular complexity index is 511. The molecule has 0 aliphatic rings. The number of rotatable bonds is 6. The van der Waals surface area contributed by atoms with Crippen molar-refractivity contribution >= 4 is 34.6 Å². The topological polar surface area (TPSA) is 78.5 Å². The highest BCUT2D eigenvalue weighted by Gasteiger charge is 2.11. The number of anilines is 2. The lowest BCUT2D eigenvalue weighted by Crippen LogP contribution is -2.17. The molecule has 2 rings (SSSR count). The Labute approximate surface area is 110 Å². The highest BCUT2D eigenvalue weighted by atomic mass is 32.2. The highest BCUT2D eigenvalue weighted by molar-refractivity contribution is 7.98. The average molecular weight is 266 g/mol. The van der Waals surface area contributed by atoms with Crippen LogP contribution in [0.1, 0.15) is 13.3 Å². The van der Waals surface area contributed by atoms with E-state index in [0.717, 1.165) is 29.0 Å². The van der Waals surface area contributed by atoms with Crippen LogP contribution >= 0.6 is 11.8 Å². The van der Waals surface area contributed by atoms with E-state index in [4.69, 9.17) is 0 Å². The molecule has 2 aromatic heterocycles. The third-order valence-corrected chi connectivity index (χ3v) is 3.32. The molecule has 0 aliphatic heterocycles. The molecule has 0 fully saturated rings. The van der Waals surface area contributed by atoms with E-state index in [1.165, 1.54) is 0 Å². The molecule has 1 unspecified atom stereocenters. The van der Waals surface area contributed by atoms with E-state index in [-0.39, 0.29) is 0 Å². The summed E-state index contributed by atoms with van der Waals surface area (Å²) in [7, 11) is 1.80. The minimum atomic E-state index is 0.371. The van der Waals surface area contributed by atoms with Gasteiger partial charge in [-0.1, -0.05) is 0 Å². The van der Waals surface area contributed by atoms with Gasteiger partial charge in [-0.25, -0.2) is 0 Å². The Morgan fingerprint density at radius 3 is 3.00 bits per heavy atom. The summed E-state index contributed by atoms with van der Waals surface area (Å²) in [5.74, 6) is 2.55. The summed E-state index contributed by atoms with van der Waals surface area (Å²) in [4.78, 5) is 8.74. The van der Waals surface area contributed by atoms with Crippen molar-refractivity contribution in [3.63, 3.8) is 0 Å². The third kappa shape index (κ3) is 2.84. The summed E-state index contributed by atoms with van der Waals surface area (Å²) in [5, 5.41) is 14.2. The van der Waals surface area contributed by atoms with Gasteiger partial charge in [0.1, 0.15) is 5.82 Å². The molecule has 0 saturated heterocycles. The second-order valence-corrected chi connectivity index (χ2v) is 5.09. The molecule has 2 heterocycles. The van der Waals surface area contributed by atoms with E-state index in [2.05, 4.69) is 44.0 Å². The van der Waals surface area contributed by atoms with E-state index in [0.29, 0.717) is 12.0 Å². The molecule has 7 heteroatoms. The standard InChI is InChI=1S/C11H18N6S/c1-7(4-5-18-3)14-9-8-6-13-17-10(8)16-11(12-2)15-9/h6-7H,4-5H2,1-3H3,(H3,12,13,14,15,16,17). The van der Waals surface area contributed by atoms with Crippen molar-refractivity contribution in [3.8, 4) is 0 Å². The number of hydrogen-bond acceptors (Lipinski definition) is 6.